The van der Waals surface area contributed by atoms with Gasteiger partial charge in [-0.1, -0.05) is 74.7 Å². The molecule has 1 atom stereocenters. The van der Waals surface area contributed by atoms with E-state index >= 15 is 0 Å². The minimum Gasteiger partial charge on any atom is -0.396 e. The molecule has 0 saturated carbocycles. The van der Waals surface area contributed by atoms with E-state index in [1.807, 2.05) is 0 Å². The van der Waals surface area contributed by atoms with Crippen LogP contribution >= 0.6 is 0 Å². The lowest BCUT2D eigenvalue weighted by atomic mass is 9.83. The van der Waals surface area contributed by atoms with Gasteiger partial charge in [-0.3, -0.25) is 0 Å². The molecule has 0 heterocycles. The smallest absolute Gasteiger partial charge is 0.0431 e. The number of aliphatic hydroxyl groups is 1. The highest BCUT2D eigenvalue weighted by Gasteiger charge is 2.14. The number of aliphatic hydroxyl groups excluding tert-OH is 1. The van der Waals surface area contributed by atoms with E-state index in [-0.39, 0.29) is 0 Å². The molecule has 0 aliphatic rings. The molecule has 0 spiro atoms. The molecule has 118 valence electrons. The van der Waals surface area contributed by atoms with Crippen molar-refractivity contribution < 1.29 is 5.11 Å². The maximum atomic E-state index is 8.61. The molecule has 1 unspecified atom stereocenters. The lowest BCUT2D eigenvalue weighted by Gasteiger charge is -2.22. The van der Waals surface area contributed by atoms with Crippen LogP contribution in [0.1, 0.15) is 93.9 Å². The van der Waals surface area contributed by atoms with Crippen LogP contribution in [0.4, 0.5) is 0 Å². The monoisotopic (exact) mass is 272 g/mol. The molecule has 0 amide bonds. The van der Waals surface area contributed by atoms with Crippen molar-refractivity contribution in [3.8, 4) is 0 Å². The quantitative estimate of drug-likeness (QED) is 0.583. The van der Waals surface area contributed by atoms with E-state index in [0.29, 0.717) is 17.4 Å². The summed E-state index contributed by atoms with van der Waals surface area (Å²) >= 11 is 0. The second-order valence-electron chi connectivity index (χ2n) is 8.40. The zero-order valence-corrected chi connectivity index (χ0v) is 15.0. The molecule has 0 aromatic rings. The van der Waals surface area contributed by atoms with Crippen LogP contribution < -0.4 is 0 Å². The van der Waals surface area contributed by atoms with Crippen molar-refractivity contribution in [2.45, 2.75) is 93.9 Å². The van der Waals surface area contributed by atoms with Gasteiger partial charge in [0.15, 0.2) is 0 Å². The van der Waals surface area contributed by atoms with E-state index in [9.17, 15) is 0 Å². The Morgan fingerprint density at radius 3 is 1.68 bits per heavy atom. The summed E-state index contributed by atoms with van der Waals surface area (Å²) in [6, 6.07) is 0. The molecule has 19 heavy (non-hydrogen) atoms. The van der Waals surface area contributed by atoms with E-state index in [1.165, 1.54) is 32.1 Å². The fourth-order valence-electron chi connectivity index (χ4n) is 2.50. The molecule has 0 bridgehead atoms. The van der Waals surface area contributed by atoms with Crippen molar-refractivity contribution in [1.82, 2.24) is 0 Å². The summed E-state index contributed by atoms with van der Waals surface area (Å²) in [6.07, 6.45) is 7.34. The van der Waals surface area contributed by atoms with Crippen LogP contribution in [0.2, 0.25) is 0 Å². The maximum absolute atomic E-state index is 8.61. The van der Waals surface area contributed by atoms with Gasteiger partial charge < -0.3 is 5.11 Å². The third kappa shape index (κ3) is 23.5. The minimum atomic E-state index is 0.349. The van der Waals surface area contributed by atoms with Crippen molar-refractivity contribution in [3.05, 3.63) is 0 Å². The topological polar surface area (TPSA) is 20.2 Å². The standard InChI is InChI=1S/C11H24O.C7H16/c1-10(7-5-6-8-12)9-11(2,3)4;1-5-6-7(2,3)4/h10,12H,5-9H2,1-4H3;5-6H2,1-4H3. The third-order valence-electron chi connectivity index (χ3n) is 3.07. The molecule has 0 aromatic carbocycles. The number of unbranched alkanes of at least 4 members (excludes halogenated alkanes) is 1. The molecule has 0 aliphatic carbocycles. The molecule has 0 radical (unpaired) electrons. The Balaban J connectivity index is 0. The molecule has 0 fully saturated rings. The summed E-state index contributed by atoms with van der Waals surface area (Å²) < 4.78 is 0. The second-order valence-corrected chi connectivity index (χ2v) is 8.40. The second kappa shape index (κ2) is 10.7. The van der Waals surface area contributed by atoms with Crippen molar-refractivity contribution in [2.24, 2.45) is 16.7 Å². The first-order chi connectivity index (χ1) is 8.52. The SMILES string of the molecule is CC(CCCCO)CC(C)(C)C.CCCC(C)(C)C. The van der Waals surface area contributed by atoms with Crippen LogP contribution in [-0.2, 0) is 0 Å². The van der Waals surface area contributed by atoms with Crippen LogP contribution in [0, 0.1) is 16.7 Å². The third-order valence-corrected chi connectivity index (χ3v) is 3.07. The summed E-state index contributed by atoms with van der Waals surface area (Å²) in [5.41, 5.74) is 1.01. The Labute approximate surface area is 123 Å². The van der Waals surface area contributed by atoms with Gasteiger partial charge in [-0.2, -0.15) is 0 Å². The fourth-order valence-corrected chi connectivity index (χ4v) is 2.50. The predicted octanol–water partition coefficient (Wildman–Crippen LogP) is 6.05. The van der Waals surface area contributed by atoms with Crippen molar-refractivity contribution in [1.29, 1.82) is 0 Å². The molecule has 1 heteroatoms. The predicted molar refractivity (Wildman–Crippen MR) is 88.5 cm³/mol. The summed E-state index contributed by atoms with van der Waals surface area (Å²) in [5.74, 6) is 0.802. The zero-order chi connectivity index (χ0) is 15.5. The van der Waals surface area contributed by atoms with E-state index in [0.717, 1.165) is 12.3 Å². The van der Waals surface area contributed by atoms with Crippen LogP contribution in [-0.4, -0.2) is 11.7 Å². The molecule has 1 N–H and O–H groups in total. The summed E-state index contributed by atoms with van der Waals surface area (Å²) in [6.45, 7) is 18.6. The van der Waals surface area contributed by atoms with Crippen LogP contribution in [0.3, 0.4) is 0 Å². The lowest BCUT2D eigenvalue weighted by Crippen LogP contribution is -2.10. The molecular formula is C18H40O. The maximum Gasteiger partial charge on any atom is 0.0431 e. The average Bonchev–Trinajstić information content (AvgIpc) is 2.14. The highest BCUT2D eigenvalue weighted by molar-refractivity contribution is 4.66. The highest BCUT2D eigenvalue weighted by atomic mass is 16.2. The van der Waals surface area contributed by atoms with Gasteiger partial charge in [0, 0.05) is 6.61 Å². The molecule has 0 aliphatic heterocycles. The average molecular weight is 273 g/mol. The fraction of sp³-hybridized carbons (Fsp3) is 1.00. The van der Waals surface area contributed by atoms with E-state index < -0.39 is 0 Å². The van der Waals surface area contributed by atoms with E-state index in [2.05, 4.69) is 55.4 Å². The Kier molecular flexibility index (Phi) is 12.0. The largest absolute Gasteiger partial charge is 0.396 e. The van der Waals surface area contributed by atoms with Crippen LogP contribution in [0.15, 0.2) is 0 Å². The minimum absolute atomic E-state index is 0.349. The Morgan fingerprint density at radius 1 is 0.895 bits per heavy atom. The summed E-state index contributed by atoms with van der Waals surface area (Å²) in [4.78, 5) is 0. The van der Waals surface area contributed by atoms with Crippen LogP contribution in [0.25, 0.3) is 0 Å². The van der Waals surface area contributed by atoms with Gasteiger partial charge in [0.05, 0.1) is 0 Å². The number of rotatable bonds is 6. The Bertz CT molecular complexity index is 183. The van der Waals surface area contributed by atoms with Crippen LogP contribution in [0.5, 0.6) is 0 Å². The highest BCUT2D eigenvalue weighted by Crippen LogP contribution is 2.26. The van der Waals surface area contributed by atoms with Crippen molar-refractivity contribution in [2.75, 3.05) is 6.61 Å². The summed E-state index contributed by atoms with van der Waals surface area (Å²) in [7, 11) is 0. The zero-order valence-electron chi connectivity index (χ0n) is 15.0. The van der Waals surface area contributed by atoms with Gasteiger partial charge in [0.2, 0.25) is 0 Å². The van der Waals surface area contributed by atoms with Gasteiger partial charge in [-0.25, -0.2) is 0 Å². The van der Waals surface area contributed by atoms with Crippen molar-refractivity contribution in [3.63, 3.8) is 0 Å². The molecular weight excluding hydrogens is 232 g/mol. The Hall–Kier alpha value is -0.0400. The number of hydrogen-bond donors (Lipinski definition) is 1. The molecule has 0 saturated heterocycles. The lowest BCUT2D eigenvalue weighted by molar-refractivity contribution is 0.262. The van der Waals surface area contributed by atoms with Gasteiger partial charge in [-0.15, -0.1) is 0 Å². The van der Waals surface area contributed by atoms with Gasteiger partial charge in [0.1, 0.15) is 0 Å². The van der Waals surface area contributed by atoms with Gasteiger partial charge in [0.25, 0.3) is 0 Å². The molecule has 0 rings (SSSR count). The first kappa shape index (κ1) is 21.3. The first-order valence-electron chi connectivity index (χ1n) is 8.12. The van der Waals surface area contributed by atoms with E-state index in [4.69, 9.17) is 5.11 Å². The summed E-state index contributed by atoms with van der Waals surface area (Å²) in [5, 5.41) is 8.61. The first-order valence-corrected chi connectivity index (χ1v) is 8.12. The van der Waals surface area contributed by atoms with Gasteiger partial charge in [-0.05, 0) is 36.0 Å². The van der Waals surface area contributed by atoms with Gasteiger partial charge >= 0.3 is 0 Å². The normalized spacial score (nSPS) is 13.7. The molecule has 0 aromatic heterocycles. The number of hydrogen-bond acceptors (Lipinski definition) is 1. The van der Waals surface area contributed by atoms with Crippen molar-refractivity contribution >= 4 is 0 Å². The van der Waals surface area contributed by atoms with E-state index in [1.54, 1.807) is 0 Å². The molecule has 1 nitrogen and oxygen atoms in total. The Morgan fingerprint density at radius 2 is 1.42 bits per heavy atom.